The first-order valence-corrected chi connectivity index (χ1v) is 9.36. The van der Waals surface area contributed by atoms with Gasteiger partial charge in [0.05, 0.1) is 0 Å². The van der Waals surface area contributed by atoms with E-state index in [1.165, 1.54) is 17.1 Å². The van der Waals surface area contributed by atoms with Gasteiger partial charge in [0, 0.05) is 25.7 Å². The molecule has 0 radical (unpaired) electrons. The Morgan fingerprint density at radius 2 is 2.25 bits per heavy atom. The first-order chi connectivity index (χ1) is 9.49. The summed E-state index contributed by atoms with van der Waals surface area (Å²) in [6.07, 6.45) is 3.35. The van der Waals surface area contributed by atoms with Crippen molar-refractivity contribution >= 4 is 21.5 Å². The monoisotopic (exact) mass is 317 g/mol. The fraction of sp³-hybridized carbons (Fsp3) is 0.692. The Labute approximate surface area is 125 Å². The van der Waals surface area contributed by atoms with E-state index in [4.69, 9.17) is 0 Å². The molecule has 1 aromatic heterocycles. The van der Waals surface area contributed by atoms with Crippen LogP contribution < -0.4 is 10.0 Å². The van der Waals surface area contributed by atoms with Gasteiger partial charge in [0.15, 0.2) is 0 Å². The molecule has 114 valence electrons. The number of thiophene rings is 1. The maximum absolute atomic E-state index is 12.2. The fourth-order valence-electron chi connectivity index (χ4n) is 1.92. The number of rotatable bonds is 9. The Bertz CT molecular complexity index is 498. The third-order valence-corrected chi connectivity index (χ3v) is 5.80. The molecule has 1 atom stereocenters. The van der Waals surface area contributed by atoms with Gasteiger partial charge in [-0.15, -0.1) is 0 Å². The SMILES string of the molecule is CC(NS(=O)(=O)N(C)CCCNC1CC1)c1ccsc1. The average Bonchev–Trinajstić information content (AvgIpc) is 3.04. The summed E-state index contributed by atoms with van der Waals surface area (Å²) >= 11 is 1.57. The van der Waals surface area contributed by atoms with E-state index in [9.17, 15) is 8.42 Å². The normalized spacial score (nSPS) is 17.6. The zero-order valence-electron chi connectivity index (χ0n) is 12.0. The van der Waals surface area contributed by atoms with Crippen molar-refractivity contribution in [2.75, 3.05) is 20.1 Å². The van der Waals surface area contributed by atoms with Crippen molar-refractivity contribution in [1.82, 2.24) is 14.3 Å². The van der Waals surface area contributed by atoms with Gasteiger partial charge < -0.3 is 5.32 Å². The Hall–Kier alpha value is -0.470. The molecule has 0 spiro atoms. The summed E-state index contributed by atoms with van der Waals surface area (Å²) in [5.74, 6) is 0. The predicted octanol–water partition coefficient (Wildman–Crippen LogP) is 1.72. The first kappa shape index (κ1) is 15.9. The fourth-order valence-corrected chi connectivity index (χ4v) is 3.80. The van der Waals surface area contributed by atoms with E-state index in [0.29, 0.717) is 12.6 Å². The van der Waals surface area contributed by atoms with Gasteiger partial charge >= 0.3 is 0 Å². The zero-order chi connectivity index (χ0) is 14.6. The van der Waals surface area contributed by atoms with Crippen LogP contribution in [-0.2, 0) is 10.2 Å². The van der Waals surface area contributed by atoms with Crippen LogP contribution in [-0.4, -0.2) is 38.9 Å². The van der Waals surface area contributed by atoms with Gasteiger partial charge in [-0.1, -0.05) is 0 Å². The maximum Gasteiger partial charge on any atom is 0.279 e. The van der Waals surface area contributed by atoms with E-state index < -0.39 is 10.2 Å². The predicted molar refractivity (Wildman–Crippen MR) is 83.1 cm³/mol. The number of nitrogens with zero attached hydrogens (tertiary/aromatic N) is 1. The maximum atomic E-state index is 12.2. The summed E-state index contributed by atoms with van der Waals surface area (Å²) in [5, 5.41) is 7.30. The van der Waals surface area contributed by atoms with E-state index in [0.717, 1.165) is 18.5 Å². The number of nitrogens with one attached hydrogen (secondary N) is 2. The van der Waals surface area contributed by atoms with Gasteiger partial charge in [-0.2, -0.15) is 28.8 Å². The van der Waals surface area contributed by atoms with Crippen LogP contribution in [0, 0.1) is 0 Å². The highest BCUT2D eigenvalue weighted by Gasteiger charge is 2.22. The molecule has 2 rings (SSSR count). The van der Waals surface area contributed by atoms with Crippen LogP contribution in [0.4, 0.5) is 0 Å². The lowest BCUT2D eigenvalue weighted by Gasteiger charge is -2.20. The molecule has 0 aliphatic heterocycles. The van der Waals surface area contributed by atoms with Crippen molar-refractivity contribution in [3.05, 3.63) is 22.4 Å². The molecule has 2 N–H and O–H groups in total. The molecular weight excluding hydrogens is 294 g/mol. The largest absolute Gasteiger partial charge is 0.314 e. The van der Waals surface area contributed by atoms with Crippen LogP contribution in [0.3, 0.4) is 0 Å². The summed E-state index contributed by atoms with van der Waals surface area (Å²) < 4.78 is 28.4. The van der Waals surface area contributed by atoms with Crippen molar-refractivity contribution < 1.29 is 8.42 Å². The standard InChI is InChI=1S/C13H23N3O2S2/c1-11(12-6-9-19-10-12)15-20(17,18)16(2)8-3-7-14-13-4-5-13/h6,9-11,13-15H,3-5,7-8H2,1-2H3. The molecule has 1 aliphatic carbocycles. The van der Waals surface area contributed by atoms with Crippen LogP contribution in [0.25, 0.3) is 0 Å². The molecule has 1 aliphatic rings. The Morgan fingerprint density at radius 1 is 1.50 bits per heavy atom. The lowest BCUT2D eigenvalue weighted by molar-refractivity contribution is 0.438. The minimum Gasteiger partial charge on any atom is -0.314 e. The second kappa shape index (κ2) is 7.00. The highest BCUT2D eigenvalue weighted by Crippen LogP contribution is 2.18. The van der Waals surface area contributed by atoms with E-state index in [1.54, 1.807) is 18.4 Å². The van der Waals surface area contributed by atoms with Gasteiger partial charge in [0.1, 0.15) is 0 Å². The van der Waals surface area contributed by atoms with Crippen LogP contribution >= 0.6 is 11.3 Å². The van der Waals surface area contributed by atoms with E-state index in [-0.39, 0.29) is 6.04 Å². The second-order valence-corrected chi connectivity index (χ2v) is 7.89. The van der Waals surface area contributed by atoms with Crippen LogP contribution in [0.15, 0.2) is 16.8 Å². The summed E-state index contributed by atoms with van der Waals surface area (Å²) in [6, 6.07) is 2.42. The van der Waals surface area contributed by atoms with Crippen molar-refractivity contribution in [1.29, 1.82) is 0 Å². The molecule has 7 heteroatoms. The molecule has 0 amide bonds. The Morgan fingerprint density at radius 3 is 2.85 bits per heavy atom. The molecule has 0 aromatic carbocycles. The summed E-state index contributed by atoms with van der Waals surface area (Å²) in [6.45, 7) is 3.28. The molecule has 0 saturated heterocycles. The summed E-state index contributed by atoms with van der Waals surface area (Å²) in [7, 11) is -1.79. The lowest BCUT2D eigenvalue weighted by atomic mass is 10.2. The minimum absolute atomic E-state index is 0.196. The van der Waals surface area contributed by atoms with Gasteiger partial charge in [-0.05, 0) is 55.1 Å². The number of hydrogen-bond donors (Lipinski definition) is 2. The lowest BCUT2D eigenvalue weighted by Crippen LogP contribution is -2.40. The van der Waals surface area contributed by atoms with Crippen LogP contribution in [0.2, 0.25) is 0 Å². The molecule has 5 nitrogen and oxygen atoms in total. The molecule has 20 heavy (non-hydrogen) atoms. The quantitative estimate of drug-likeness (QED) is 0.682. The molecule has 1 saturated carbocycles. The first-order valence-electron chi connectivity index (χ1n) is 6.98. The average molecular weight is 317 g/mol. The van der Waals surface area contributed by atoms with Gasteiger partial charge in [-0.25, -0.2) is 0 Å². The Balaban J connectivity index is 1.75. The number of hydrogen-bond acceptors (Lipinski definition) is 4. The smallest absolute Gasteiger partial charge is 0.279 e. The van der Waals surface area contributed by atoms with Gasteiger partial charge in [0.2, 0.25) is 0 Å². The van der Waals surface area contributed by atoms with Gasteiger partial charge in [-0.3, -0.25) is 0 Å². The summed E-state index contributed by atoms with van der Waals surface area (Å²) in [4.78, 5) is 0. The van der Waals surface area contributed by atoms with Gasteiger partial charge in [0.25, 0.3) is 10.2 Å². The van der Waals surface area contributed by atoms with E-state index >= 15 is 0 Å². The summed E-state index contributed by atoms with van der Waals surface area (Å²) in [5.41, 5.74) is 1.00. The molecule has 1 unspecified atom stereocenters. The Kier molecular flexibility index (Phi) is 5.57. The molecule has 1 aromatic rings. The molecule has 0 bridgehead atoms. The van der Waals surface area contributed by atoms with Crippen molar-refractivity contribution in [2.45, 2.75) is 38.3 Å². The van der Waals surface area contributed by atoms with Crippen LogP contribution in [0.5, 0.6) is 0 Å². The van der Waals surface area contributed by atoms with Crippen molar-refractivity contribution in [2.24, 2.45) is 0 Å². The highest BCUT2D eigenvalue weighted by atomic mass is 32.2. The van der Waals surface area contributed by atoms with E-state index in [2.05, 4.69) is 10.0 Å². The highest BCUT2D eigenvalue weighted by molar-refractivity contribution is 7.87. The third kappa shape index (κ3) is 4.82. The zero-order valence-corrected chi connectivity index (χ0v) is 13.6. The second-order valence-electron chi connectivity index (χ2n) is 5.30. The molecular formula is C13H23N3O2S2. The molecule has 1 fully saturated rings. The molecule has 1 heterocycles. The van der Waals surface area contributed by atoms with E-state index in [1.807, 2.05) is 23.8 Å². The van der Waals surface area contributed by atoms with Crippen molar-refractivity contribution in [3.8, 4) is 0 Å². The third-order valence-electron chi connectivity index (χ3n) is 3.44. The topological polar surface area (TPSA) is 61.4 Å². The van der Waals surface area contributed by atoms with Crippen LogP contribution in [0.1, 0.15) is 37.8 Å². The van der Waals surface area contributed by atoms with Crippen molar-refractivity contribution in [3.63, 3.8) is 0 Å². The minimum atomic E-state index is -3.41.